The molecular formula is C20H21ClFNO4. The van der Waals surface area contributed by atoms with Gasteiger partial charge in [0.2, 0.25) is 0 Å². The van der Waals surface area contributed by atoms with E-state index in [0.717, 1.165) is 11.3 Å². The molecule has 7 heteroatoms. The molecule has 1 N–H and O–H groups in total. The first-order valence-electron chi connectivity index (χ1n) is 8.65. The molecule has 1 fully saturated rings. The van der Waals surface area contributed by atoms with Crippen LogP contribution in [-0.4, -0.2) is 26.2 Å². The summed E-state index contributed by atoms with van der Waals surface area (Å²) in [6, 6.07) is 10.3. The van der Waals surface area contributed by atoms with Crippen LogP contribution in [0.15, 0.2) is 36.4 Å². The Morgan fingerprint density at radius 2 is 1.85 bits per heavy atom. The number of ether oxygens (including phenoxy) is 3. The van der Waals surface area contributed by atoms with E-state index in [9.17, 15) is 9.18 Å². The van der Waals surface area contributed by atoms with Crippen LogP contribution in [0.2, 0.25) is 0 Å². The fourth-order valence-corrected chi connectivity index (χ4v) is 3.64. The van der Waals surface area contributed by atoms with Crippen LogP contribution in [-0.2, 0) is 16.9 Å². The van der Waals surface area contributed by atoms with Crippen LogP contribution in [0.3, 0.4) is 0 Å². The molecule has 2 aliphatic heterocycles. The van der Waals surface area contributed by atoms with Crippen molar-refractivity contribution in [1.29, 1.82) is 0 Å². The van der Waals surface area contributed by atoms with E-state index in [1.807, 2.05) is 24.3 Å². The molecule has 1 saturated heterocycles. The average Bonchev–Trinajstić information content (AvgIpc) is 2.92. The third-order valence-corrected chi connectivity index (χ3v) is 5.00. The van der Waals surface area contributed by atoms with Gasteiger partial charge in [0.15, 0.2) is 0 Å². The molecule has 0 aromatic heterocycles. The van der Waals surface area contributed by atoms with Crippen molar-refractivity contribution < 1.29 is 23.4 Å². The van der Waals surface area contributed by atoms with Gasteiger partial charge in [0.05, 0.1) is 12.7 Å². The lowest BCUT2D eigenvalue weighted by molar-refractivity contribution is -0.0255. The lowest BCUT2D eigenvalue weighted by atomic mass is 9.84. The van der Waals surface area contributed by atoms with Crippen molar-refractivity contribution in [3.8, 4) is 11.5 Å². The molecule has 2 aromatic carbocycles. The van der Waals surface area contributed by atoms with Crippen LogP contribution in [0.4, 0.5) is 4.39 Å². The second kappa shape index (κ2) is 7.74. The third-order valence-electron chi connectivity index (χ3n) is 5.00. The van der Waals surface area contributed by atoms with Crippen LogP contribution < -0.4 is 14.8 Å². The van der Waals surface area contributed by atoms with E-state index in [0.29, 0.717) is 37.2 Å². The molecule has 0 aliphatic carbocycles. The fourth-order valence-electron chi connectivity index (χ4n) is 3.64. The van der Waals surface area contributed by atoms with Crippen molar-refractivity contribution in [1.82, 2.24) is 5.32 Å². The minimum absolute atomic E-state index is 0. The largest absolute Gasteiger partial charge is 0.497 e. The number of hydrogen-bond donors (Lipinski definition) is 1. The monoisotopic (exact) mass is 393 g/mol. The topological polar surface area (TPSA) is 56.8 Å². The number of fused-ring (bicyclic) bond motifs is 2. The zero-order valence-electron chi connectivity index (χ0n) is 14.9. The maximum atomic E-state index is 14.8. The molecule has 5 nitrogen and oxygen atoms in total. The van der Waals surface area contributed by atoms with Crippen LogP contribution in [0.1, 0.15) is 34.3 Å². The summed E-state index contributed by atoms with van der Waals surface area (Å²) in [4.78, 5) is 12.3. The summed E-state index contributed by atoms with van der Waals surface area (Å²) in [5.41, 5.74) is 0.734. The fraction of sp³-hybridized carbons (Fsp3) is 0.350. The lowest BCUT2D eigenvalue weighted by Crippen LogP contribution is -2.40. The van der Waals surface area contributed by atoms with Crippen LogP contribution in [0.5, 0.6) is 11.5 Å². The van der Waals surface area contributed by atoms with Crippen molar-refractivity contribution >= 4 is 18.4 Å². The molecule has 144 valence electrons. The van der Waals surface area contributed by atoms with Crippen molar-refractivity contribution in [3.05, 3.63) is 58.9 Å². The van der Waals surface area contributed by atoms with E-state index in [1.165, 1.54) is 6.07 Å². The van der Waals surface area contributed by atoms with Gasteiger partial charge in [0.1, 0.15) is 29.5 Å². The summed E-state index contributed by atoms with van der Waals surface area (Å²) in [7, 11) is 1.60. The van der Waals surface area contributed by atoms with Gasteiger partial charge in [-0.25, -0.2) is 9.18 Å². The molecule has 27 heavy (non-hydrogen) atoms. The van der Waals surface area contributed by atoms with Crippen LogP contribution in [0, 0.1) is 5.82 Å². The number of benzene rings is 2. The number of carbonyl (C=O) groups is 1. The molecule has 0 radical (unpaired) electrons. The van der Waals surface area contributed by atoms with Crippen LogP contribution >= 0.6 is 12.4 Å². The Hall–Kier alpha value is -2.31. The molecule has 1 spiro atoms. The van der Waals surface area contributed by atoms with E-state index in [2.05, 4.69) is 5.32 Å². The summed E-state index contributed by atoms with van der Waals surface area (Å²) < 4.78 is 31.2. The first kappa shape index (κ1) is 19.5. The number of halogens is 2. The molecular weight excluding hydrogens is 373 g/mol. The highest BCUT2D eigenvalue weighted by Gasteiger charge is 2.48. The van der Waals surface area contributed by atoms with Gasteiger partial charge in [-0.2, -0.15) is 0 Å². The van der Waals surface area contributed by atoms with E-state index in [-0.39, 0.29) is 24.6 Å². The normalized spacial score (nSPS) is 17.0. The number of methoxy groups -OCH3 is 1. The SMILES string of the molecule is COc1ccc(COc2cc(F)c3c(c2)C(=O)OC32CCNCC2)cc1.Cl. The van der Waals surface area contributed by atoms with Gasteiger partial charge in [0.25, 0.3) is 0 Å². The van der Waals surface area contributed by atoms with E-state index in [1.54, 1.807) is 13.2 Å². The Kier molecular flexibility index (Phi) is 5.58. The molecule has 2 heterocycles. The Morgan fingerprint density at radius 1 is 1.15 bits per heavy atom. The number of hydrogen-bond acceptors (Lipinski definition) is 5. The maximum absolute atomic E-state index is 14.8. The molecule has 0 bridgehead atoms. The van der Waals surface area contributed by atoms with Crippen molar-refractivity contribution in [2.24, 2.45) is 0 Å². The second-order valence-electron chi connectivity index (χ2n) is 6.60. The predicted molar refractivity (Wildman–Crippen MR) is 100 cm³/mol. The molecule has 0 saturated carbocycles. The van der Waals surface area contributed by atoms with Crippen LogP contribution in [0.25, 0.3) is 0 Å². The number of rotatable bonds is 4. The molecule has 2 aromatic rings. The molecule has 0 unspecified atom stereocenters. The molecule has 2 aliphatic rings. The zero-order chi connectivity index (χ0) is 18.1. The highest BCUT2D eigenvalue weighted by Crippen LogP contribution is 2.45. The average molecular weight is 394 g/mol. The molecule has 4 rings (SSSR count). The molecule has 0 atom stereocenters. The van der Waals surface area contributed by atoms with Gasteiger partial charge in [-0.05, 0) is 36.9 Å². The van der Waals surface area contributed by atoms with E-state index < -0.39 is 17.4 Å². The number of carbonyl (C=O) groups excluding carboxylic acids is 1. The smallest absolute Gasteiger partial charge is 0.339 e. The highest BCUT2D eigenvalue weighted by molar-refractivity contribution is 5.95. The number of nitrogens with one attached hydrogen (secondary N) is 1. The first-order valence-corrected chi connectivity index (χ1v) is 8.65. The van der Waals surface area contributed by atoms with Crippen molar-refractivity contribution in [2.75, 3.05) is 20.2 Å². The number of esters is 1. The summed E-state index contributed by atoms with van der Waals surface area (Å²) in [5, 5.41) is 3.21. The van der Waals surface area contributed by atoms with Crippen molar-refractivity contribution in [3.63, 3.8) is 0 Å². The van der Waals surface area contributed by atoms with Gasteiger partial charge in [0, 0.05) is 24.5 Å². The minimum atomic E-state index is -0.837. The number of piperidine rings is 1. The maximum Gasteiger partial charge on any atom is 0.339 e. The van der Waals surface area contributed by atoms with Gasteiger partial charge >= 0.3 is 5.97 Å². The van der Waals surface area contributed by atoms with Gasteiger partial charge in [-0.15, -0.1) is 12.4 Å². The summed E-state index contributed by atoms with van der Waals surface area (Å²) in [5.74, 6) is 0.156. The summed E-state index contributed by atoms with van der Waals surface area (Å²) in [6.45, 7) is 1.66. The highest BCUT2D eigenvalue weighted by atomic mass is 35.5. The Labute approximate surface area is 163 Å². The van der Waals surface area contributed by atoms with E-state index in [4.69, 9.17) is 14.2 Å². The Balaban J connectivity index is 0.00000210. The Bertz CT molecular complexity index is 835. The lowest BCUT2D eigenvalue weighted by Gasteiger charge is -2.33. The quantitative estimate of drug-likeness (QED) is 0.804. The summed E-state index contributed by atoms with van der Waals surface area (Å²) in [6.07, 6.45) is 1.16. The first-order chi connectivity index (χ1) is 12.6. The van der Waals surface area contributed by atoms with E-state index >= 15 is 0 Å². The molecule has 0 amide bonds. The Morgan fingerprint density at radius 3 is 2.52 bits per heavy atom. The standard InChI is InChI=1S/C20H20FNO4.ClH/c1-24-14-4-2-13(3-5-14)12-25-15-10-16-18(17(21)11-15)20(26-19(16)23)6-8-22-9-7-20;/h2-5,10-11,22H,6-9,12H2,1H3;1H. The van der Waals surface area contributed by atoms with Gasteiger partial charge in [-0.1, -0.05) is 12.1 Å². The van der Waals surface area contributed by atoms with Gasteiger partial charge in [-0.3, -0.25) is 0 Å². The second-order valence-corrected chi connectivity index (χ2v) is 6.60. The third kappa shape index (κ3) is 3.59. The van der Waals surface area contributed by atoms with Crippen molar-refractivity contribution in [2.45, 2.75) is 25.0 Å². The van der Waals surface area contributed by atoms with Gasteiger partial charge < -0.3 is 19.5 Å². The zero-order valence-corrected chi connectivity index (χ0v) is 15.7. The minimum Gasteiger partial charge on any atom is -0.497 e. The predicted octanol–water partition coefficient (Wildman–Crippen LogP) is 3.58. The summed E-state index contributed by atoms with van der Waals surface area (Å²) >= 11 is 0.